The summed E-state index contributed by atoms with van der Waals surface area (Å²) in [6, 6.07) is 22.9. The summed E-state index contributed by atoms with van der Waals surface area (Å²) < 4.78 is 5.22. The predicted octanol–water partition coefficient (Wildman–Crippen LogP) is 7.95. The van der Waals surface area contributed by atoms with E-state index in [0.29, 0.717) is 10.8 Å². The van der Waals surface area contributed by atoms with Gasteiger partial charge in [-0.3, -0.25) is 9.69 Å². The topological polar surface area (TPSA) is 83.6 Å². The highest BCUT2D eigenvalue weighted by molar-refractivity contribution is 8.00. The second kappa shape index (κ2) is 12.5. The molecule has 3 aromatic carbocycles. The molecular formula is C32H28N4O3S3. The van der Waals surface area contributed by atoms with Gasteiger partial charge in [-0.15, -0.1) is 34.9 Å². The van der Waals surface area contributed by atoms with E-state index >= 15 is 0 Å². The van der Waals surface area contributed by atoms with E-state index in [4.69, 9.17) is 4.74 Å². The van der Waals surface area contributed by atoms with Gasteiger partial charge in [-0.05, 0) is 61.5 Å². The number of nitrogens with one attached hydrogen (secondary N) is 2. The molecule has 7 nitrogen and oxygen atoms in total. The second-order valence-electron chi connectivity index (χ2n) is 9.65. The van der Waals surface area contributed by atoms with Gasteiger partial charge in [-0.1, -0.05) is 42.5 Å². The lowest BCUT2D eigenvalue weighted by Crippen LogP contribution is -2.49. The number of rotatable bonds is 7. The van der Waals surface area contributed by atoms with Crippen molar-refractivity contribution in [3.05, 3.63) is 102 Å². The van der Waals surface area contributed by atoms with E-state index in [9.17, 15) is 9.59 Å². The normalized spacial score (nSPS) is 17.6. The highest BCUT2D eigenvalue weighted by Crippen LogP contribution is 2.43. The number of fused-ring (bicyclic) bond motifs is 2. The molecule has 0 radical (unpaired) electrons. The molecule has 3 amide bonds. The average Bonchev–Trinajstić information content (AvgIpc) is 3.48. The van der Waals surface area contributed by atoms with Gasteiger partial charge in [0.05, 0.1) is 35.0 Å². The summed E-state index contributed by atoms with van der Waals surface area (Å²) in [4.78, 5) is 35.0. The molecule has 2 N–H and O–H groups in total. The van der Waals surface area contributed by atoms with Crippen LogP contribution in [0.4, 0.5) is 21.3 Å². The minimum absolute atomic E-state index is 0.0766. The maximum atomic E-state index is 13.6. The number of amides is 3. The Kier molecular flexibility index (Phi) is 8.36. The minimum atomic E-state index is -0.379. The first-order chi connectivity index (χ1) is 20.5. The number of urea groups is 1. The quantitative estimate of drug-likeness (QED) is 0.206. The molecule has 4 aromatic rings. The predicted molar refractivity (Wildman–Crippen MR) is 174 cm³/mol. The number of aromatic nitrogens is 1. The van der Waals surface area contributed by atoms with Crippen molar-refractivity contribution in [1.29, 1.82) is 0 Å². The van der Waals surface area contributed by atoms with Crippen LogP contribution >= 0.6 is 34.9 Å². The minimum Gasteiger partial charge on any atom is -0.497 e. The summed E-state index contributed by atoms with van der Waals surface area (Å²) in [6.45, 7) is 1.86. The van der Waals surface area contributed by atoms with Crippen LogP contribution in [0.3, 0.4) is 0 Å². The van der Waals surface area contributed by atoms with Crippen molar-refractivity contribution in [1.82, 2.24) is 4.98 Å². The number of para-hydroxylation sites is 1. The lowest BCUT2D eigenvalue weighted by atomic mass is 10.1. The van der Waals surface area contributed by atoms with Gasteiger partial charge in [-0.2, -0.15) is 0 Å². The highest BCUT2D eigenvalue weighted by atomic mass is 32.2. The molecule has 0 fully saturated rings. The molecular weight excluding hydrogens is 585 g/mol. The van der Waals surface area contributed by atoms with Crippen molar-refractivity contribution in [3.8, 4) is 17.0 Å². The van der Waals surface area contributed by atoms with Crippen molar-refractivity contribution in [3.63, 3.8) is 0 Å². The van der Waals surface area contributed by atoms with Gasteiger partial charge in [0.25, 0.3) is 0 Å². The third kappa shape index (κ3) is 6.11. The van der Waals surface area contributed by atoms with E-state index in [1.54, 1.807) is 18.9 Å². The van der Waals surface area contributed by atoms with E-state index in [2.05, 4.69) is 33.8 Å². The zero-order chi connectivity index (χ0) is 29.1. The number of thiazole rings is 1. The fraction of sp³-hybridized carbons (Fsp3) is 0.156. The fourth-order valence-electron chi connectivity index (χ4n) is 4.75. The Morgan fingerprint density at radius 2 is 1.81 bits per heavy atom. The van der Waals surface area contributed by atoms with E-state index < -0.39 is 0 Å². The molecule has 2 heterocycles. The largest absolute Gasteiger partial charge is 0.497 e. The first kappa shape index (κ1) is 28.1. The summed E-state index contributed by atoms with van der Waals surface area (Å²) in [7, 11) is 1.63. The van der Waals surface area contributed by atoms with Crippen LogP contribution in [0.5, 0.6) is 5.75 Å². The van der Waals surface area contributed by atoms with Gasteiger partial charge in [0, 0.05) is 26.4 Å². The van der Waals surface area contributed by atoms with Crippen LogP contribution in [0.2, 0.25) is 0 Å². The number of hydrogen-bond donors (Lipinski definition) is 2. The van der Waals surface area contributed by atoms with Gasteiger partial charge >= 0.3 is 6.03 Å². The molecule has 42 heavy (non-hydrogen) atoms. The van der Waals surface area contributed by atoms with Crippen LogP contribution in [0.25, 0.3) is 11.3 Å². The van der Waals surface area contributed by atoms with Crippen molar-refractivity contribution in [2.24, 2.45) is 0 Å². The molecule has 2 aliphatic rings. The number of carbonyl (C=O) groups is 2. The Hall–Kier alpha value is -3.99. The smallest absolute Gasteiger partial charge is 0.326 e. The monoisotopic (exact) mass is 612 g/mol. The molecule has 212 valence electrons. The Labute approximate surface area is 257 Å². The summed E-state index contributed by atoms with van der Waals surface area (Å²) in [5, 5.41) is 8.26. The number of carbonyl (C=O) groups excluding carboxylic acids is 2. The average molecular weight is 613 g/mol. The van der Waals surface area contributed by atoms with Gasteiger partial charge in [0.15, 0.2) is 5.13 Å². The van der Waals surface area contributed by atoms with Crippen LogP contribution in [0, 0.1) is 0 Å². The lowest BCUT2D eigenvalue weighted by Gasteiger charge is -2.40. The van der Waals surface area contributed by atoms with E-state index in [1.807, 2.05) is 96.1 Å². The van der Waals surface area contributed by atoms with E-state index in [1.165, 1.54) is 23.1 Å². The third-order valence-electron chi connectivity index (χ3n) is 6.85. The second-order valence-corrected chi connectivity index (χ2v) is 13.1. The van der Waals surface area contributed by atoms with Crippen molar-refractivity contribution in [2.75, 3.05) is 22.6 Å². The molecule has 6 rings (SSSR count). The van der Waals surface area contributed by atoms with Gasteiger partial charge < -0.3 is 15.4 Å². The summed E-state index contributed by atoms with van der Waals surface area (Å²) >= 11 is 4.58. The van der Waals surface area contributed by atoms with Crippen LogP contribution in [-0.4, -0.2) is 40.6 Å². The fourth-order valence-corrected chi connectivity index (χ4v) is 7.65. The zero-order valence-corrected chi connectivity index (χ0v) is 25.3. The number of nitrogens with zero attached hydrogens (tertiary/aromatic N) is 2. The lowest BCUT2D eigenvalue weighted by molar-refractivity contribution is -0.115. The molecule has 0 spiro atoms. The van der Waals surface area contributed by atoms with Crippen molar-refractivity contribution in [2.45, 2.75) is 33.3 Å². The molecule has 1 aliphatic heterocycles. The van der Waals surface area contributed by atoms with Crippen LogP contribution < -0.4 is 20.3 Å². The SMILES string of the molecule is COc1ccc(-c2csc(NC(=O)C(C)Sc3cccc(NC(=O)N4c5ccccc5SC5C=CC=CC54)c3)n2)cc1. The maximum absolute atomic E-state index is 13.6. The number of allylic oxidation sites excluding steroid dienone is 2. The standard InChI is InChI=1S/C32H28N4O3S3/c1-20(30(37)35-31-34-25(19-40-31)21-14-16-23(39-2)17-15-21)41-24-9-7-8-22(18-24)33-32(38)36-26-10-3-5-12-28(26)42-29-13-6-4-11-27(29)36/h3-20,26,28H,1-2H3,(H,33,38)(H,34,35,37). The number of thioether (sulfide) groups is 2. The Balaban J connectivity index is 1.10. The van der Waals surface area contributed by atoms with Crippen LogP contribution in [0.15, 0.2) is 112 Å². The summed E-state index contributed by atoms with van der Waals surface area (Å²) in [6.07, 6.45) is 8.23. The number of methoxy groups -OCH3 is 1. The molecule has 10 heteroatoms. The van der Waals surface area contributed by atoms with Gasteiger partial charge in [-0.25, -0.2) is 9.78 Å². The molecule has 0 saturated heterocycles. The van der Waals surface area contributed by atoms with E-state index in [-0.39, 0.29) is 28.5 Å². The number of anilines is 3. The summed E-state index contributed by atoms with van der Waals surface area (Å²) in [5.74, 6) is 0.635. The van der Waals surface area contributed by atoms with Gasteiger partial charge in [0.1, 0.15) is 5.75 Å². The maximum Gasteiger partial charge on any atom is 0.326 e. The first-order valence-electron chi connectivity index (χ1n) is 13.4. The molecule has 3 atom stereocenters. The first-order valence-corrected chi connectivity index (χ1v) is 16.0. The number of hydrogen-bond acceptors (Lipinski definition) is 7. The van der Waals surface area contributed by atoms with Crippen molar-refractivity contribution >= 4 is 63.3 Å². The van der Waals surface area contributed by atoms with Crippen LogP contribution in [0.1, 0.15) is 6.92 Å². The highest BCUT2D eigenvalue weighted by Gasteiger charge is 2.36. The van der Waals surface area contributed by atoms with Crippen LogP contribution in [-0.2, 0) is 4.79 Å². The molecule has 0 bridgehead atoms. The molecule has 1 aliphatic carbocycles. The molecule has 3 unspecified atom stereocenters. The summed E-state index contributed by atoms with van der Waals surface area (Å²) in [5.41, 5.74) is 3.31. The zero-order valence-electron chi connectivity index (χ0n) is 22.9. The number of benzene rings is 3. The molecule has 1 aromatic heterocycles. The third-order valence-corrected chi connectivity index (χ3v) is 10.0. The Morgan fingerprint density at radius 1 is 1.00 bits per heavy atom. The number of ether oxygens (including phenoxy) is 1. The Bertz CT molecular complexity index is 1670. The van der Waals surface area contributed by atoms with E-state index in [0.717, 1.165) is 32.5 Å². The molecule has 0 saturated carbocycles. The Morgan fingerprint density at radius 3 is 2.64 bits per heavy atom. The van der Waals surface area contributed by atoms with Crippen molar-refractivity contribution < 1.29 is 14.3 Å². The van der Waals surface area contributed by atoms with Gasteiger partial charge in [0.2, 0.25) is 5.91 Å².